The summed E-state index contributed by atoms with van der Waals surface area (Å²) in [5, 5.41) is 13.0. The number of anilines is 1. The third-order valence-corrected chi connectivity index (χ3v) is 7.97. The molecule has 4 rings (SSSR count). The molecule has 0 amide bonds. The van der Waals surface area contributed by atoms with Gasteiger partial charge in [0.25, 0.3) is 10.0 Å². The van der Waals surface area contributed by atoms with Gasteiger partial charge in [-0.3, -0.25) is 4.79 Å². The summed E-state index contributed by atoms with van der Waals surface area (Å²) in [5.74, 6) is -3.27. The number of carboxylic acids is 1. The van der Waals surface area contributed by atoms with Gasteiger partial charge in [-0.25, -0.2) is 8.42 Å². The molecule has 31 heavy (non-hydrogen) atoms. The fourth-order valence-electron chi connectivity index (χ4n) is 3.25. The van der Waals surface area contributed by atoms with Crippen molar-refractivity contribution in [3.8, 4) is 10.6 Å². The van der Waals surface area contributed by atoms with E-state index in [9.17, 15) is 31.5 Å². The van der Waals surface area contributed by atoms with E-state index in [1.165, 1.54) is 6.07 Å². The Kier molecular flexibility index (Phi) is 4.87. The van der Waals surface area contributed by atoms with Crippen LogP contribution < -0.4 is 10.5 Å². The zero-order valence-corrected chi connectivity index (χ0v) is 17.0. The summed E-state index contributed by atoms with van der Waals surface area (Å²) < 4.78 is 69.9. The van der Waals surface area contributed by atoms with Crippen LogP contribution in [-0.4, -0.2) is 30.2 Å². The van der Waals surface area contributed by atoms with Gasteiger partial charge in [0.05, 0.1) is 4.88 Å². The maximum absolute atomic E-state index is 12.8. The number of thiophene rings is 1. The number of nitrogens with two attached hydrogens (primary N) is 1. The number of hydrogen-bond donors (Lipinski definition) is 3. The minimum absolute atomic E-state index is 0.0292. The van der Waals surface area contributed by atoms with Gasteiger partial charge >= 0.3 is 12.1 Å². The van der Waals surface area contributed by atoms with Crippen LogP contribution in [0.4, 0.5) is 18.9 Å². The third-order valence-electron chi connectivity index (χ3n) is 4.86. The minimum atomic E-state index is -4.73. The third kappa shape index (κ3) is 3.91. The van der Waals surface area contributed by atoms with Crippen LogP contribution in [0.2, 0.25) is 0 Å². The molecular formula is C18H14F3N3O5S2. The summed E-state index contributed by atoms with van der Waals surface area (Å²) in [6, 6.07) is 9.60. The fraction of sp³-hybridized carbons (Fsp3) is 0.222. The molecule has 164 valence electrons. The van der Waals surface area contributed by atoms with Crippen molar-refractivity contribution in [2.45, 2.75) is 28.3 Å². The Morgan fingerprint density at radius 3 is 2.65 bits per heavy atom. The van der Waals surface area contributed by atoms with Gasteiger partial charge in [0.15, 0.2) is 0 Å². The number of nitrogens with one attached hydrogen (secondary N) is 1. The number of carboxylic acid groups (broad SMARTS) is 1. The first-order chi connectivity index (χ1) is 14.4. The molecule has 13 heteroatoms. The Morgan fingerprint density at radius 1 is 1.29 bits per heavy atom. The van der Waals surface area contributed by atoms with Gasteiger partial charge < -0.3 is 15.4 Å². The Labute approximate surface area is 177 Å². The molecule has 2 heterocycles. The normalized spacial score (nSPS) is 21.2. The van der Waals surface area contributed by atoms with Gasteiger partial charge in [-0.2, -0.15) is 17.9 Å². The fourth-order valence-corrected chi connectivity index (χ4v) is 5.91. The van der Waals surface area contributed by atoms with Crippen LogP contribution in [0.5, 0.6) is 0 Å². The van der Waals surface area contributed by atoms with Crippen molar-refractivity contribution < 1.29 is 36.0 Å². The average molecular weight is 473 g/mol. The zero-order chi connectivity index (χ0) is 22.6. The molecule has 1 aliphatic carbocycles. The van der Waals surface area contributed by atoms with E-state index in [-0.39, 0.29) is 21.2 Å². The largest absolute Gasteiger partial charge is 0.480 e. The lowest BCUT2D eigenvalue weighted by molar-refractivity contribution is -0.155. The first kappa shape index (κ1) is 21.3. The highest BCUT2D eigenvalue weighted by Crippen LogP contribution is 2.53. The van der Waals surface area contributed by atoms with Crippen molar-refractivity contribution in [1.82, 2.24) is 9.88 Å². The summed E-state index contributed by atoms with van der Waals surface area (Å²) in [6.45, 7) is 0. The second-order valence-electron chi connectivity index (χ2n) is 7.00. The van der Waals surface area contributed by atoms with E-state index < -0.39 is 39.4 Å². The van der Waals surface area contributed by atoms with Crippen LogP contribution in [0.25, 0.3) is 10.6 Å². The van der Waals surface area contributed by atoms with E-state index >= 15 is 0 Å². The Hall–Kier alpha value is -2.90. The molecule has 3 aromatic rings. The Morgan fingerprint density at radius 2 is 2.03 bits per heavy atom. The number of halogens is 3. The topological polar surface area (TPSA) is 136 Å². The van der Waals surface area contributed by atoms with Crippen molar-refractivity contribution in [2.24, 2.45) is 0 Å². The standard InChI is InChI=1S/C18H14F3N3O5S2/c19-18(20,21)14-7-12(23-29-14)13-4-5-15(30-13)31(27,28)24-17(16(25)26)8-11(17)9-2-1-3-10(22)6-9/h1-7,11,24H,8,22H2,(H,25,26)/t11-,17+/m0/s1. The molecule has 2 atom stereocenters. The predicted molar refractivity (Wildman–Crippen MR) is 104 cm³/mol. The van der Waals surface area contributed by atoms with E-state index in [1.54, 1.807) is 24.3 Å². The van der Waals surface area contributed by atoms with Crippen LogP contribution >= 0.6 is 11.3 Å². The van der Waals surface area contributed by atoms with Gasteiger partial charge in [0.1, 0.15) is 15.4 Å². The number of hydrogen-bond acceptors (Lipinski definition) is 7. The van der Waals surface area contributed by atoms with Gasteiger partial charge in [-0.15, -0.1) is 11.3 Å². The second kappa shape index (κ2) is 7.07. The van der Waals surface area contributed by atoms with Crippen molar-refractivity contribution in [3.05, 3.63) is 53.8 Å². The lowest BCUT2D eigenvalue weighted by Gasteiger charge is -2.15. The first-order valence-electron chi connectivity index (χ1n) is 8.69. The lowest BCUT2D eigenvalue weighted by atomic mass is 10.1. The smallest absolute Gasteiger partial charge is 0.452 e. The Balaban J connectivity index is 1.59. The molecule has 0 bridgehead atoms. The maximum Gasteiger partial charge on any atom is 0.452 e. The number of aliphatic carboxylic acids is 1. The van der Waals surface area contributed by atoms with Crippen molar-refractivity contribution >= 4 is 33.0 Å². The number of nitrogens with zero attached hydrogens (tertiary/aromatic N) is 1. The molecule has 0 radical (unpaired) electrons. The van der Waals surface area contributed by atoms with E-state index in [4.69, 9.17) is 5.73 Å². The van der Waals surface area contributed by atoms with Crippen LogP contribution in [-0.2, 0) is 21.0 Å². The molecule has 1 aliphatic rings. The summed E-state index contributed by atoms with van der Waals surface area (Å²) in [4.78, 5) is 12.0. The molecule has 1 saturated carbocycles. The maximum atomic E-state index is 12.8. The van der Waals surface area contributed by atoms with E-state index in [1.807, 2.05) is 0 Å². The van der Waals surface area contributed by atoms with Crippen molar-refractivity contribution in [2.75, 3.05) is 5.73 Å². The first-order valence-corrected chi connectivity index (χ1v) is 11.0. The highest BCUT2D eigenvalue weighted by molar-refractivity contribution is 7.91. The van der Waals surface area contributed by atoms with E-state index in [0.29, 0.717) is 28.7 Å². The van der Waals surface area contributed by atoms with E-state index in [2.05, 4.69) is 14.4 Å². The minimum Gasteiger partial charge on any atom is -0.480 e. The SMILES string of the molecule is Nc1cccc([C@@H]2C[C@]2(NS(=O)(=O)c2ccc(-c3cc(C(F)(F)F)on3)s2)C(=O)O)c1. The van der Waals surface area contributed by atoms with Crippen LogP contribution in [0.1, 0.15) is 23.7 Å². The van der Waals surface area contributed by atoms with Gasteiger partial charge in [-0.1, -0.05) is 17.3 Å². The number of aromatic nitrogens is 1. The number of alkyl halides is 3. The van der Waals surface area contributed by atoms with Crippen LogP contribution in [0, 0.1) is 0 Å². The molecular weight excluding hydrogens is 459 g/mol. The molecule has 0 saturated heterocycles. The Bertz CT molecular complexity index is 1270. The molecule has 1 aromatic carbocycles. The summed E-state index contributed by atoms with van der Waals surface area (Å²) >= 11 is 0.643. The molecule has 4 N–H and O–H groups in total. The average Bonchev–Trinajstić information content (AvgIpc) is 3.04. The van der Waals surface area contributed by atoms with Gasteiger partial charge in [0.2, 0.25) is 5.76 Å². The predicted octanol–water partition coefficient (Wildman–Crippen LogP) is 3.29. The monoisotopic (exact) mass is 473 g/mol. The van der Waals surface area contributed by atoms with Gasteiger partial charge in [-0.05, 0) is 36.2 Å². The summed E-state index contributed by atoms with van der Waals surface area (Å²) in [5.41, 5.74) is 4.80. The summed E-state index contributed by atoms with van der Waals surface area (Å²) in [7, 11) is -4.28. The lowest BCUT2D eigenvalue weighted by Crippen LogP contribution is -2.44. The molecule has 0 spiro atoms. The van der Waals surface area contributed by atoms with E-state index in [0.717, 1.165) is 6.07 Å². The van der Waals surface area contributed by atoms with Gasteiger partial charge in [0, 0.05) is 17.7 Å². The molecule has 1 fully saturated rings. The highest BCUT2D eigenvalue weighted by atomic mass is 32.2. The molecule has 8 nitrogen and oxygen atoms in total. The molecule has 0 unspecified atom stereocenters. The molecule has 2 aromatic heterocycles. The second-order valence-corrected chi connectivity index (χ2v) is 9.99. The van der Waals surface area contributed by atoms with Crippen molar-refractivity contribution in [3.63, 3.8) is 0 Å². The summed E-state index contributed by atoms with van der Waals surface area (Å²) in [6.07, 6.45) is -4.70. The number of benzene rings is 1. The number of sulfonamides is 1. The number of rotatable bonds is 6. The zero-order valence-electron chi connectivity index (χ0n) is 15.4. The molecule has 0 aliphatic heterocycles. The quantitative estimate of drug-likeness (QED) is 0.468. The van der Waals surface area contributed by atoms with Crippen LogP contribution in [0.15, 0.2) is 51.2 Å². The number of nitrogen functional groups attached to an aromatic ring is 1. The van der Waals surface area contributed by atoms with Crippen molar-refractivity contribution in [1.29, 1.82) is 0 Å². The highest BCUT2D eigenvalue weighted by Gasteiger charge is 2.63. The number of carbonyl (C=O) groups is 1. The van der Waals surface area contributed by atoms with Crippen LogP contribution in [0.3, 0.4) is 0 Å².